The molecule has 0 bridgehead atoms. The fourth-order valence-corrected chi connectivity index (χ4v) is 6.15. The van der Waals surface area contributed by atoms with Gasteiger partial charge in [-0.2, -0.15) is 0 Å². The molecule has 0 atom stereocenters. The molecule has 2 N–H and O–H groups in total. The maximum atomic E-state index is 6.75. The Balaban J connectivity index is 1.31. The minimum absolute atomic E-state index is 0.755. The molecule has 0 unspecified atom stereocenters. The van der Waals surface area contributed by atoms with Crippen LogP contribution in [0.5, 0.6) is 0 Å². The minimum Gasteiger partial charge on any atom is -0.398 e. The van der Waals surface area contributed by atoms with Crippen LogP contribution in [0.25, 0.3) is 51.2 Å². The van der Waals surface area contributed by atoms with E-state index in [0.29, 0.717) is 0 Å². The standard InChI is InChI=1S/C44H39N/c1-5-6-12-34-21-24-38(26-32(34)4)41-15-10-11-31(3)44(41)42-29-39(19-16-30(42)2)43(45)25-18-33-17-20-36-22-23-37(28-40(36)27-33)35-13-8-7-9-14-35/h5-26,28-29H,1,27,45H2,2-4H3/b12-6-,33-18-,43-25-. The van der Waals surface area contributed by atoms with E-state index in [9.17, 15) is 0 Å². The van der Waals surface area contributed by atoms with Crippen LogP contribution in [0.4, 0.5) is 0 Å². The highest BCUT2D eigenvalue weighted by molar-refractivity contribution is 5.89. The Hall–Kier alpha value is -5.40. The van der Waals surface area contributed by atoms with Crippen LogP contribution in [-0.2, 0) is 6.42 Å². The zero-order valence-corrected chi connectivity index (χ0v) is 26.3. The third-order valence-electron chi connectivity index (χ3n) is 8.70. The van der Waals surface area contributed by atoms with E-state index < -0.39 is 0 Å². The average molecular weight is 582 g/mol. The molecule has 45 heavy (non-hydrogen) atoms. The van der Waals surface area contributed by atoms with Crippen molar-refractivity contribution in [2.45, 2.75) is 27.2 Å². The molecule has 5 aromatic rings. The maximum absolute atomic E-state index is 6.75. The Labute approximate surface area is 268 Å². The number of aryl methyl sites for hydroxylation is 3. The Morgan fingerprint density at radius 3 is 2.31 bits per heavy atom. The number of nitrogens with two attached hydrogens (primary N) is 1. The van der Waals surface area contributed by atoms with E-state index in [1.165, 1.54) is 72.3 Å². The van der Waals surface area contributed by atoms with Crippen LogP contribution in [0.2, 0.25) is 0 Å². The molecule has 0 saturated carbocycles. The Morgan fingerprint density at radius 2 is 1.51 bits per heavy atom. The molecule has 0 amide bonds. The Bertz CT molecular complexity index is 2010. The number of fused-ring (bicyclic) bond motifs is 1. The first-order valence-electron chi connectivity index (χ1n) is 15.5. The topological polar surface area (TPSA) is 26.0 Å². The monoisotopic (exact) mass is 581 g/mol. The minimum atomic E-state index is 0.755. The molecule has 0 aliphatic heterocycles. The summed E-state index contributed by atoms with van der Waals surface area (Å²) in [7, 11) is 0. The largest absolute Gasteiger partial charge is 0.398 e. The molecular weight excluding hydrogens is 542 g/mol. The molecule has 220 valence electrons. The van der Waals surface area contributed by atoms with Gasteiger partial charge in [0.2, 0.25) is 0 Å². The number of hydrogen-bond donors (Lipinski definition) is 1. The summed E-state index contributed by atoms with van der Waals surface area (Å²) >= 11 is 0. The summed E-state index contributed by atoms with van der Waals surface area (Å²) in [5.74, 6) is 0. The highest BCUT2D eigenvalue weighted by atomic mass is 14.6. The van der Waals surface area contributed by atoms with E-state index in [-0.39, 0.29) is 0 Å². The van der Waals surface area contributed by atoms with Crippen molar-refractivity contribution >= 4 is 17.8 Å². The van der Waals surface area contributed by atoms with Gasteiger partial charge in [0.05, 0.1) is 0 Å². The molecule has 0 radical (unpaired) electrons. The lowest BCUT2D eigenvalue weighted by atomic mass is 9.87. The van der Waals surface area contributed by atoms with Gasteiger partial charge < -0.3 is 5.73 Å². The van der Waals surface area contributed by atoms with Crippen LogP contribution in [0.3, 0.4) is 0 Å². The van der Waals surface area contributed by atoms with Gasteiger partial charge in [0, 0.05) is 5.70 Å². The van der Waals surface area contributed by atoms with E-state index >= 15 is 0 Å². The zero-order chi connectivity index (χ0) is 31.3. The fraction of sp³-hybridized carbons (Fsp3) is 0.0909. The van der Waals surface area contributed by atoms with Crippen molar-refractivity contribution in [3.05, 3.63) is 185 Å². The van der Waals surface area contributed by atoms with E-state index in [1.807, 2.05) is 12.2 Å². The molecule has 1 aliphatic rings. The highest BCUT2D eigenvalue weighted by Crippen LogP contribution is 2.38. The van der Waals surface area contributed by atoms with Crippen molar-refractivity contribution in [1.82, 2.24) is 0 Å². The van der Waals surface area contributed by atoms with Gasteiger partial charge in [0.1, 0.15) is 0 Å². The second-order valence-corrected chi connectivity index (χ2v) is 11.8. The van der Waals surface area contributed by atoms with Crippen molar-refractivity contribution in [3.63, 3.8) is 0 Å². The molecule has 1 heteroatoms. The number of hydrogen-bond acceptors (Lipinski definition) is 1. The number of rotatable bonds is 7. The van der Waals surface area contributed by atoms with Gasteiger partial charge in [-0.3, -0.25) is 0 Å². The molecular formula is C44H39N. The normalized spacial score (nSPS) is 13.8. The Morgan fingerprint density at radius 1 is 0.689 bits per heavy atom. The van der Waals surface area contributed by atoms with Crippen LogP contribution in [0, 0.1) is 20.8 Å². The first kappa shape index (κ1) is 29.7. The van der Waals surface area contributed by atoms with Gasteiger partial charge in [-0.1, -0.05) is 140 Å². The van der Waals surface area contributed by atoms with Crippen molar-refractivity contribution in [1.29, 1.82) is 0 Å². The van der Waals surface area contributed by atoms with Crippen LogP contribution < -0.4 is 5.73 Å². The fourth-order valence-electron chi connectivity index (χ4n) is 6.15. The first-order valence-corrected chi connectivity index (χ1v) is 15.5. The zero-order valence-electron chi connectivity index (χ0n) is 26.3. The third-order valence-corrected chi connectivity index (χ3v) is 8.70. The van der Waals surface area contributed by atoms with Crippen LogP contribution in [0.15, 0.2) is 146 Å². The van der Waals surface area contributed by atoms with Crippen molar-refractivity contribution < 1.29 is 0 Å². The second-order valence-electron chi connectivity index (χ2n) is 11.8. The summed E-state index contributed by atoms with van der Waals surface area (Å²) in [6, 6.07) is 37.1. The summed E-state index contributed by atoms with van der Waals surface area (Å²) in [6.45, 7) is 10.3. The smallest absolute Gasteiger partial charge is 0.0387 e. The van der Waals surface area contributed by atoms with Gasteiger partial charge in [-0.15, -0.1) is 0 Å². The van der Waals surface area contributed by atoms with E-state index in [1.54, 1.807) is 0 Å². The summed E-state index contributed by atoms with van der Waals surface area (Å²) < 4.78 is 0. The SMILES string of the molecule is C=C/C=C\c1ccc(-c2cccc(C)c2-c2cc(/C(N)=C/C=C3/C=Cc4ccc(-c5ccccc5)cc4C3)ccc2C)cc1C. The van der Waals surface area contributed by atoms with Crippen molar-refractivity contribution in [3.8, 4) is 33.4 Å². The first-order chi connectivity index (χ1) is 21.9. The lowest BCUT2D eigenvalue weighted by Crippen LogP contribution is -2.00. The summed E-state index contributed by atoms with van der Waals surface area (Å²) in [5, 5.41) is 0. The van der Waals surface area contributed by atoms with Crippen LogP contribution in [-0.4, -0.2) is 0 Å². The average Bonchev–Trinajstić information content (AvgIpc) is 3.07. The van der Waals surface area contributed by atoms with Crippen LogP contribution >= 0.6 is 0 Å². The van der Waals surface area contributed by atoms with Gasteiger partial charge in [-0.05, 0) is 117 Å². The van der Waals surface area contributed by atoms with E-state index in [4.69, 9.17) is 5.73 Å². The number of benzene rings is 5. The molecule has 1 nitrogen and oxygen atoms in total. The van der Waals surface area contributed by atoms with E-state index in [0.717, 1.165) is 17.7 Å². The lowest BCUT2D eigenvalue weighted by Gasteiger charge is -2.18. The van der Waals surface area contributed by atoms with Gasteiger partial charge in [0.15, 0.2) is 0 Å². The third kappa shape index (κ3) is 6.44. The summed E-state index contributed by atoms with van der Waals surface area (Å²) in [4.78, 5) is 0. The highest BCUT2D eigenvalue weighted by Gasteiger charge is 2.15. The lowest BCUT2D eigenvalue weighted by molar-refractivity contribution is 1.17. The molecule has 6 rings (SSSR count). The quantitative estimate of drug-likeness (QED) is 0.190. The predicted octanol–water partition coefficient (Wildman–Crippen LogP) is 11.3. The summed E-state index contributed by atoms with van der Waals surface area (Å²) in [5.41, 5.74) is 24.7. The van der Waals surface area contributed by atoms with Crippen molar-refractivity contribution in [2.75, 3.05) is 0 Å². The van der Waals surface area contributed by atoms with Crippen LogP contribution in [0.1, 0.15) is 38.9 Å². The van der Waals surface area contributed by atoms with E-state index in [2.05, 4.69) is 161 Å². The van der Waals surface area contributed by atoms with Gasteiger partial charge in [0.25, 0.3) is 0 Å². The van der Waals surface area contributed by atoms with Crippen molar-refractivity contribution in [2.24, 2.45) is 5.73 Å². The molecule has 0 saturated heterocycles. The molecule has 1 aliphatic carbocycles. The van der Waals surface area contributed by atoms with Gasteiger partial charge in [-0.25, -0.2) is 0 Å². The maximum Gasteiger partial charge on any atom is 0.0387 e. The molecule has 0 aromatic heterocycles. The summed E-state index contributed by atoms with van der Waals surface area (Å²) in [6.07, 6.45) is 15.4. The number of allylic oxidation sites excluding steroid dienone is 6. The molecule has 0 heterocycles. The molecule has 0 fully saturated rings. The molecule has 5 aromatic carbocycles. The molecule has 0 spiro atoms. The Kier molecular flexibility index (Phi) is 8.62. The van der Waals surface area contributed by atoms with Gasteiger partial charge >= 0.3 is 0 Å². The predicted molar refractivity (Wildman–Crippen MR) is 196 cm³/mol. The second kappa shape index (κ2) is 13.1.